The largest absolute Gasteiger partial charge is 0.354 e. The van der Waals surface area contributed by atoms with E-state index in [1.165, 1.54) is 17.0 Å². The molecule has 236 valence electrons. The van der Waals surface area contributed by atoms with E-state index in [0.717, 1.165) is 21.0 Å². The molecule has 4 aromatic carbocycles. The molecular weight excluding hydrogens is 629 g/mol. The number of amides is 2. The SMILES string of the molecule is Cc1ccc(S(=O)(=O)N(CC(=O)N(Cc2ccc(Cl)cc2)C(Cc2ccccc2)C(=O)NCC(C)C)c2ccc(Cl)cc2)cc1. The maximum absolute atomic E-state index is 14.5. The van der Waals surface area contributed by atoms with E-state index in [-0.39, 0.29) is 35.4 Å². The van der Waals surface area contributed by atoms with E-state index in [9.17, 15) is 18.0 Å². The van der Waals surface area contributed by atoms with Crippen molar-refractivity contribution in [1.29, 1.82) is 0 Å². The minimum absolute atomic E-state index is 0.0376. The zero-order valence-corrected chi connectivity index (χ0v) is 27.8. The first-order valence-electron chi connectivity index (χ1n) is 14.6. The topological polar surface area (TPSA) is 86.8 Å². The van der Waals surface area contributed by atoms with Gasteiger partial charge in [0, 0.05) is 29.6 Å². The van der Waals surface area contributed by atoms with Crippen molar-refractivity contribution in [3.63, 3.8) is 0 Å². The minimum Gasteiger partial charge on any atom is -0.354 e. The number of benzene rings is 4. The maximum atomic E-state index is 14.5. The molecule has 0 heterocycles. The smallest absolute Gasteiger partial charge is 0.264 e. The van der Waals surface area contributed by atoms with E-state index >= 15 is 0 Å². The van der Waals surface area contributed by atoms with Crippen molar-refractivity contribution in [2.45, 2.75) is 44.7 Å². The summed E-state index contributed by atoms with van der Waals surface area (Å²) in [5.74, 6) is -0.683. The molecule has 1 unspecified atom stereocenters. The van der Waals surface area contributed by atoms with Gasteiger partial charge in [0.15, 0.2) is 0 Å². The second-order valence-corrected chi connectivity index (χ2v) is 14.0. The lowest BCUT2D eigenvalue weighted by Crippen LogP contribution is -2.53. The summed E-state index contributed by atoms with van der Waals surface area (Å²) in [7, 11) is -4.19. The van der Waals surface area contributed by atoms with E-state index in [4.69, 9.17) is 23.2 Å². The predicted molar refractivity (Wildman–Crippen MR) is 181 cm³/mol. The lowest BCUT2D eigenvalue weighted by atomic mass is 10.0. The number of aryl methyl sites for hydroxylation is 1. The van der Waals surface area contributed by atoms with Crippen molar-refractivity contribution in [2.24, 2.45) is 5.92 Å². The number of sulfonamides is 1. The van der Waals surface area contributed by atoms with Gasteiger partial charge in [-0.1, -0.05) is 97.2 Å². The van der Waals surface area contributed by atoms with Crippen molar-refractivity contribution in [3.8, 4) is 0 Å². The molecule has 0 aliphatic carbocycles. The first kappa shape index (κ1) is 34.0. The molecule has 0 aliphatic rings. The summed E-state index contributed by atoms with van der Waals surface area (Å²) in [6.45, 7) is 5.77. The number of nitrogens with one attached hydrogen (secondary N) is 1. The summed E-state index contributed by atoms with van der Waals surface area (Å²) in [6.07, 6.45) is 0.232. The van der Waals surface area contributed by atoms with E-state index in [1.54, 1.807) is 60.7 Å². The van der Waals surface area contributed by atoms with Gasteiger partial charge in [0.1, 0.15) is 12.6 Å². The van der Waals surface area contributed by atoms with Crippen molar-refractivity contribution < 1.29 is 18.0 Å². The molecule has 0 radical (unpaired) electrons. The minimum atomic E-state index is -4.19. The Labute approximate surface area is 275 Å². The molecule has 0 aromatic heterocycles. The Kier molecular flexibility index (Phi) is 11.7. The molecule has 1 N–H and O–H groups in total. The van der Waals surface area contributed by atoms with E-state index in [2.05, 4.69) is 5.32 Å². The van der Waals surface area contributed by atoms with Crippen molar-refractivity contribution >= 4 is 50.7 Å². The second-order valence-electron chi connectivity index (χ2n) is 11.3. The molecule has 10 heteroatoms. The Morgan fingerprint density at radius 2 is 1.36 bits per heavy atom. The Hall–Kier alpha value is -3.85. The van der Waals surface area contributed by atoms with Gasteiger partial charge in [-0.25, -0.2) is 8.42 Å². The van der Waals surface area contributed by atoms with Crippen LogP contribution < -0.4 is 9.62 Å². The summed E-state index contributed by atoms with van der Waals surface area (Å²) < 4.78 is 29.2. The number of rotatable bonds is 13. The molecule has 45 heavy (non-hydrogen) atoms. The first-order chi connectivity index (χ1) is 21.4. The van der Waals surface area contributed by atoms with Crippen LogP contribution in [0.15, 0.2) is 108 Å². The van der Waals surface area contributed by atoms with Gasteiger partial charge in [-0.05, 0) is 72.5 Å². The summed E-state index contributed by atoms with van der Waals surface area (Å²) in [5, 5.41) is 3.94. The molecule has 0 saturated heterocycles. The highest BCUT2D eigenvalue weighted by Gasteiger charge is 2.34. The lowest BCUT2D eigenvalue weighted by molar-refractivity contribution is -0.140. The van der Waals surface area contributed by atoms with Gasteiger partial charge >= 0.3 is 0 Å². The quantitative estimate of drug-likeness (QED) is 0.168. The van der Waals surface area contributed by atoms with Crippen LogP contribution in [0.25, 0.3) is 0 Å². The molecular formula is C35H37Cl2N3O4S. The van der Waals surface area contributed by atoms with Gasteiger partial charge in [0.05, 0.1) is 10.6 Å². The number of hydrogen-bond acceptors (Lipinski definition) is 4. The van der Waals surface area contributed by atoms with Crippen LogP contribution in [0.3, 0.4) is 0 Å². The summed E-state index contributed by atoms with van der Waals surface area (Å²) in [5.41, 5.74) is 2.76. The fourth-order valence-corrected chi connectivity index (χ4v) is 6.40. The third-order valence-electron chi connectivity index (χ3n) is 7.22. The highest BCUT2D eigenvalue weighted by Crippen LogP contribution is 2.27. The van der Waals surface area contributed by atoms with Crippen molar-refractivity contribution in [2.75, 3.05) is 17.4 Å². The molecule has 7 nitrogen and oxygen atoms in total. The Morgan fingerprint density at radius 1 is 0.778 bits per heavy atom. The third-order valence-corrected chi connectivity index (χ3v) is 9.52. The molecule has 4 aromatic rings. The number of carbonyl (C=O) groups is 2. The normalized spacial score (nSPS) is 12.0. The molecule has 0 spiro atoms. The van der Waals surface area contributed by atoms with Crippen LogP contribution in [0.5, 0.6) is 0 Å². The predicted octanol–water partition coefficient (Wildman–Crippen LogP) is 6.91. The third kappa shape index (κ3) is 9.33. The van der Waals surface area contributed by atoms with Crippen molar-refractivity contribution in [3.05, 3.63) is 130 Å². The molecule has 1 atom stereocenters. The number of hydrogen-bond donors (Lipinski definition) is 1. The van der Waals surface area contributed by atoms with Crippen LogP contribution in [0.4, 0.5) is 5.69 Å². The second kappa shape index (κ2) is 15.4. The van der Waals surface area contributed by atoms with Crippen LogP contribution in [0.1, 0.15) is 30.5 Å². The molecule has 2 amide bonds. The summed E-state index contributed by atoms with van der Waals surface area (Å²) in [6, 6.07) is 28.2. The fourth-order valence-electron chi connectivity index (χ4n) is 4.74. The van der Waals surface area contributed by atoms with Crippen molar-refractivity contribution in [1.82, 2.24) is 10.2 Å². The average molecular weight is 667 g/mol. The summed E-state index contributed by atoms with van der Waals surface area (Å²) >= 11 is 12.3. The number of anilines is 1. The fraction of sp³-hybridized carbons (Fsp3) is 0.257. The molecule has 0 bridgehead atoms. The van der Waals surface area contributed by atoms with Gasteiger partial charge in [-0.2, -0.15) is 0 Å². The zero-order chi connectivity index (χ0) is 32.6. The number of halogens is 2. The Morgan fingerprint density at radius 3 is 1.93 bits per heavy atom. The molecule has 4 rings (SSSR count). The van der Waals surface area contributed by atoms with Crippen LogP contribution in [0.2, 0.25) is 10.0 Å². The zero-order valence-electron chi connectivity index (χ0n) is 25.5. The van der Waals surface area contributed by atoms with E-state index < -0.39 is 28.5 Å². The average Bonchev–Trinajstić information content (AvgIpc) is 3.02. The van der Waals surface area contributed by atoms with Gasteiger partial charge < -0.3 is 10.2 Å². The maximum Gasteiger partial charge on any atom is 0.264 e. The van der Waals surface area contributed by atoms with Crippen LogP contribution >= 0.6 is 23.2 Å². The van der Waals surface area contributed by atoms with Crippen LogP contribution in [-0.2, 0) is 32.6 Å². The highest BCUT2D eigenvalue weighted by molar-refractivity contribution is 7.92. The van der Waals surface area contributed by atoms with Crippen LogP contribution in [0, 0.1) is 12.8 Å². The van der Waals surface area contributed by atoms with E-state index in [1.807, 2.05) is 51.1 Å². The number of nitrogens with zero attached hydrogens (tertiary/aromatic N) is 2. The number of carbonyl (C=O) groups excluding carboxylic acids is 2. The van der Waals surface area contributed by atoms with Gasteiger partial charge in [-0.15, -0.1) is 0 Å². The monoisotopic (exact) mass is 665 g/mol. The Bertz CT molecular complexity index is 1680. The standard InChI is InChI=1S/C35H37Cl2N3O4S/c1-25(2)22-38-35(42)33(21-27-7-5-4-6-8-27)39(23-28-11-13-29(36)14-12-28)34(41)24-40(31-17-15-30(37)16-18-31)45(43,44)32-19-9-26(3)10-20-32/h4-20,25,33H,21-24H2,1-3H3,(H,38,42). The Balaban J connectivity index is 1.79. The first-order valence-corrected chi connectivity index (χ1v) is 16.8. The molecule has 0 aliphatic heterocycles. The highest BCUT2D eigenvalue weighted by atomic mass is 35.5. The van der Waals surface area contributed by atoms with E-state index in [0.29, 0.717) is 16.6 Å². The molecule has 0 saturated carbocycles. The lowest BCUT2D eigenvalue weighted by Gasteiger charge is -2.34. The summed E-state index contributed by atoms with van der Waals surface area (Å²) in [4.78, 5) is 29.8. The van der Waals surface area contributed by atoms with Gasteiger partial charge in [0.25, 0.3) is 10.0 Å². The van der Waals surface area contributed by atoms with Crippen LogP contribution in [-0.4, -0.2) is 44.3 Å². The molecule has 0 fully saturated rings. The van der Waals surface area contributed by atoms with Gasteiger partial charge in [-0.3, -0.25) is 13.9 Å². The van der Waals surface area contributed by atoms with Gasteiger partial charge in [0.2, 0.25) is 11.8 Å².